The Balaban J connectivity index is 1.81. The molecule has 0 spiro atoms. The van der Waals surface area contributed by atoms with Crippen molar-refractivity contribution in [1.82, 2.24) is 19.6 Å². The van der Waals surface area contributed by atoms with Gasteiger partial charge in [0.1, 0.15) is 12.1 Å². The van der Waals surface area contributed by atoms with E-state index in [1.807, 2.05) is 31.2 Å². The van der Waals surface area contributed by atoms with Crippen LogP contribution in [0.3, 0.4) is 0 Å². The summed E-state index contributed by atoms with van der Waals surface area (Å²) in [5.74, 6) is 0.664. The third-order valence-corrected chi connectivity index (χ3v) is 3.39. The first-order valence-corrected chi connectivity index (χ1v) is 6.65. The average molecular weight is 284 g/mol. The maximum Gasteiger partial charge on any atom is 0.348 e. The van der Waals surface area contributed by atoms with Crippen LogP contribution < -0.4 is 16.7 Å². The molecular weight excluding hydrogens is 268 g/mol. The number of nitrogens with two attached hydrogens (primary N) is 1. The van der Waals surface area contributed by atoms with Gasteiger partial charge < -0.3 is 11.1 Å². The number of rotatable bonds is 4. The van der Waals surface area contributed by atoms with Crippen LogP contribution in [-0.2, 0) is 6.54 Å². The number of anilines is 1. The number of aromatic nitrogens is 4. The van der Waals surface area contributed by atoms with Crippen LogP contribution >= 0.6 is 0 Å². The molecule has 0 amide bonds. The minimum atomic E-state index is -0.297. The summed E-state index contributed by atoms with van der Waals surface area (Å²) in [5.41, 5.74) is 8.06. The molecule has 1 atom stereocenters. The van der Waals surface area contributed by atoms with E-state index < -0.39 is 0 Å². The smallest absolute Gasteiger partial charge is 0.348 e. The molecule has 0 saturated heterocycles. The number of nitrogens with one attached hydrogen (secondary N) is 2. The summed E-state index contributed by atoms with van der Waals surface area (Å²) in [6.45, 7) is 2.58. The Morgan fingerprint density at radius 3 is 2.86 bits per heavy atom. The fraction of sp³-hybridized carbons (Fsp3) is 0.214. The van der Waals surface area contributed by atoms with Crippen molar-refractivity contribution in [2.24, 2.45) is 5.73 Å². The monoisotopic (exact) mass is 284 g/mol. The molecule has 21 heavy (non-hydrogen) atoms. The van der Waals surface area contributed by atoms with Crippen LogP contribution in [0.4, 0.5) is 5.82 Å². The summed E-state index contributed by atoms with van der Waals surface area (Å²) in [4.78, 5) is 15.6. The predicted molar refractivity (Wildman–Crippen MR) is 80.0 cm³/mol. The Morgan fingerprint density at radius 2 is 2.14 bits per heavy atom. The van der Waals surface area contributed by atoms with Gasteiger partial charge in [-0.25, -0.2) is 19.3 Å². The number of nitrogens with zero attached hydrogens (tertiary/aromatic N) is 3. The number of hydrogen-bond acceptors (Lipinski definition) is 5. The quantitative estimate of drug-likeness (QED) is 0.664. The molecule has 3 aromatic rings. The van der Waals surface area contributed by atoms with Crippen LogP contribution in [0, 0.1) is 0 Å². The number of aromatic amines is 1. The summed E-state index contributed by atoms with van der Waals surface area (Å²) in [5, 5.41) is 9.58. The molecule has 7 nitrogen and oxygen atoms in total. The van der Waals surface area contributed by atoms with Crippen molar-refractivity contribution >= 4 is 11.5 Å². The SMILES string of the molecule is CC(Nc1cc2n[nH]c(=O)n2cn1)c1ccc(CN)cc1. The lowest BCUT2D eigenvalue weighted by Crippen LogP contribution is -2.12. The minimum Gasteiger partial charge on any atom is -0.363 e. The Labute approximate surface area is 120 Å². The van der Waals surface area contributed by atoms with E-state index in [4.69, 9.17) is 5.73 Å². The largest absolute Gasteiger partial charge is 0.363 e. The van der Waals surface area contributed by atoms with Gasteiger partial charge in [-0.3, -0.25) is 0 Å². The molecule has 1 unspecified atom stereocenters. The lowest BCUT2D eigenvalue weighted by atomic mass is 10.1. The average Bonchev–Trinajstić information content (AvgIpc) is 2.88. The van der Waals surface area contributed by atoms with Gasteiger partial charge in [0, 0.05) is 18.7 Å². The lowest BCUT2D eigenvalue weighted by Gasteiger charge is -2.15. The first kappa shape index (κ1) is 13.3. The van der Waals surface area contributed by atoms with Crippen LogP contribution in [0.1, 0.15) is 24.1 Å². The van der Waals surface area contributed by atoms with Crippen molar-refractivity contribution in [3.8, 4) is 0 Å². The predicted octanol–water partition coefficient (Wildman–Crippen LogP) is 1.05. The van der Waals surface area contributed by atoms with Crippen molar-refractivity contribution in [1.29, 1.82) is 0 Å². The van der Waals surface area contributed by atoms with Crippen molar-refractivity contribution in [2.45, 2.75) is 19.5 Å². The molecule has 0 radical (unpaired) electrons. The van der Waals surface area contributed by atoms with E-state index in [-0.39, 0.29) is 11.7 Å². The summed E-state index contributed by atoms with van der Waals surface area (Å²) in [7, 11) is 0. The first-order valence-electron chi connectivity index (χ1n) is 6.65. The molecule has 0 saturated carbocycles. The van der Waals surface area contributed by atoms with Crippen molar-refractivity contribution in [3.05, 3.63) is 58.3 Å². The van der Waals surface area contributed by atoms with Gasteiger partial charge in [-0.05, 0) is 18.1 Å². The fourth-order valence-corrected chi connectivity index (χ4v) is 2.14. The second-order valence-electron chi connectivity index (χ2n) is 4.84. The van der Waals surface area contributed by atoms with Crippen LogP contribution in [0.5, 0.6) is 0 Å². The van der Waals surface area contributed by atoms with Gasteiger partial charge in [0.2, 0.25) is 0 Å². The van der Waals surface area contributed by atoms with Crippen LogP contribution in [-0.4, -0.2) is 19.6 Å². The normalized spacial score (nSPS) is 12.5. The zero-order valence-corrected chi connectivity index (χ0v) is 11.6. The van der Waals surface area contributed by atoms with E-state index in [0.717, 1.165) is 11.1 Å². The second kappa shape index (κ2) is 5.37. The standard InChI is InChI=1S/C14H16N6O/c1-9(11-4-2-10(7-15)3-5-11)17-12-6-13-18-19-14(21)20(13)8-16-12/h2-6,8-9,17H,7,15H2,1H3,(H,19,21). The molecule has 4 N–H and O–H groups in total. The van der Waals surface area contributed by atoms with Gasteiger partial charge in [0.25, 0.3) is 0 Å². The Bertz CT molecular complexity index is 804. The van der Waals surface area contributed by atoms with E-state index in [1.54, 1.807) is 6.07 Å². The Morgan fingerprint density at radius 1 is 1.38 bits per heavy atom. The van der Waals surface area contributed by atoms with Gasteiger partial charge in [0.05, 0.1) is 0 Å². The second-order valence-corrected chi connectivity index (χ2v) is 4.84. The molecule has 2 heterocycles. The molecular formula is C14H16N6O. The third-order valence-electron chi connectivity index (χ3n) is 3.39. The third kappa shape index (κ3) is 2.63. The van der Waals surface area contributed by atoms with Gasteiger partial charge in [-0.1, -0.05) is 24.3 Å². The summed E-state index contributed by atoms with van der Waals surface area (Å²) in [6.07, 6.45) is 1.45. The van der Waals surface area contributed by atoms with E-state index in [9.17, 15) is 4.79 Å². The molecule has 0 aliphatic rings. The molecule has 2 aromatic heterocycles. The highest BCUT2D eigenvalue weighted by Gasteiger charge is 2.08. The summed E-state index contributed by atoms with van der Waals surface area (Å²) < 4.78 is 1.35. The molecule has 0 aliphatic heterocycles. The Hall–Kier alpha value is -2.67. The molecule has 7 heteroatoms. The van der Waals surface area contributed by atoms with E-state index in [1.165, 1.54) is 10.7 Å². The summed E-state index contributed by atoms with van der Waals surface area (Å²) in [6, 6.07) is 9.91. The highest BCUT2D eigenvalue weighted by molar-refractivity contribution is 5.49. The van der Waals surface area contributed by atoms with Gasteiger partial charge >= 0.3 is 5.69 Å². The highest BCUT2D eigenvalue weighted by atomic mass is 16.1. The molecule has 0 fully saturated rings. The van der Waals surface area contributed by atoms with Crippen LogP contribution in [0.2, 0.25) is 0 Å². The first-order chi connectivity index (χ1) is 10.2. The van der Waals surface area contributed by atoms with E-state index in [2.05, 4.69) is 20.5 Å². The zero-order chi connectivity index (χ0) is 14.8. The number of fused-ring (bicyclic) bond motifs is 1. The van der Waals surface area contributed by atoms with Crippen LogP contribution in [0.25, 0.3) is 5.65 Å². The Kier molecular flexibility index (Phi) is 3.41. The minimum absolute atomic E-state index is 0.0810. The van der Waals surface area contributed by atoms with E-state index >= 15 is 0 Å². The summed E-state index contributed by atoms with van der Waals surface area (Å²) >= 11 is 0. The number of hydrogen-bond donors (Lipinski definition) is 3. The van der Waals surface area contributed by atoms with Gasteiger partial charge in [-0.2, -0.15) is 5.10 Å². The fourth-order valence-electron chi connectivity index (χ4n) is 2.14. The van der Waals surface area contributed by atoms with Crippen molar-refractivity contribution in [2.75, 3.05) is 5.32 Å². The van der Waals surface area contributed by atoms with E-state index in [0.29, 0.717) is 18.0 Å². The molecule has 0 aliphatic carbocycles. The van der Waals surface area contributed by atoms with Crippen molar-refractivity contribution < 1.29 is 0 Å². The number of benzene rings is 1. The van der Waals surface area contributed by atoms with Gasteiger partial charge in [-0.15, -0.1) is 0 Å². The molecule has 3 rings (SSSR count). The highest BCUT2D eigenvalue weighted by Crippen LogP contribution is 2.18. The lowest BCUT2D eigenvalue weighted by molar-refractivity contribution is 0.867. The zero-order valence-electron chi connectivity index (χ0n) is 11.6. The molecule has 0 bridgehead atoms. The van der Waals surface area contributed by atoms with Crippen LogP contribution in [0.15, 0.2) is 41.5 Å². The maximum absolute atomic E-state index is 11.4. The van der Waals surface area contributed by atoms with Crippen molar-refractivity contribution in [3.63, 3.8) is 0 Å². The maximum atomic E-state index is 11.4. The topological polar surface area (TPSA) is 101 Å². The molecule has 1 aromatic carbocycles. The number of H-pyrrole nitrogens is 1. The molecule has 108 valence electrons. The van der Waals surface area contributed by atoms with Gasteiger partial charge in [0.15, 0.2) is 5.65 Å².